The average molecular weight is 518 g/mol. The fraction of sp³-hybridized carbons (Fsp3) is 0.407. The number of aliphatic hydroxyl groups is 1. The summed E-state index contributed by atoms with van der Waals surface area (Å²) in [5.41, 5.74) is 0.546. The van der Waals surface area contributed by atoms with Gasteiger partial charge in [0.25, 0.3) is 0 Å². The van der Waals surface area contributed by atoms with E-state index in [2.05, 4.69) is 20.2 Å². The highest BCUT2D eigenvalue weighted by atomic mass is 35.5. The minimum atomic E-state index is -1.12. The Morgan fingerprint density at radius 3 is 2.43 bits per heavy atom. The second kappa shape index (κ2) is 10.0. The Morgan fingerprint density at radius 1 is 1.05 bits per heavy atom. The Bertz CT molecular complexity index is 1290. The molecule has 0 radical (unpaired) electrons. The molecule has 2 aliphatic rings. The van der Waals surface area contributed by atoms with Gasteiger partial charge in [-0.3, -0.25) is 14.8 Å². The van der Waals surface area contributed by atoms with Gasteiger partial charge in [-0.05, 0) is 36.4 Å². The van der Waals surface area contributed by atoms with Crippen LogP contribution in [0.3, 0.4) is 0 Å². The SMILES string of the molecule is C[C@@H]1CN(C(=O)[C@@H]2CN(c3ccc(C#N)nn3)C[C@H]2c2ccc(Cl)cn2)C[C@H](C)C1(O)c1ccccn1. The maximum Gasteiger partial charge on any atom is 0.228 e. The van der Waals surface area contributed by atoms with Crippen LogP contribution in [0.4, 0.5) is 5.82 Å². The van der Waals surface area contributed by atoms with Crippen LogP contribution in [-0.4, -0.2) is 62.3 Å². The molecule has 5 rings (SSSR count). The molecule has 37 heavy (non-hydrogen) atoms. The van der Waals surface area contributed by atoms with Crippen molar-refractivity contribution in [3.05, 3.63) is 77.0 Å². The molecule has 190 valence electrons. The van der Waals surface area contributed by atoms with Crippen LogP contribution in [0, 0.1) is 29.1 Å². The van der Waals surface area contributed by atoms with E-state index >= 15 is 0 Å². The van der Waals surface area contributed by atoms with E-state index in [1.807, 2.05) is 54.0 Å². The summed E-state index contributed by atoms with van der Waals surface area (Å²) < 4.78 is 0. The fourth-order valence-electron chi connectivity index (χ4n) is 5.72. The molecule has 1 unspecified atom stereocenters. The first-order chi connectivity index (χ1) is 17.8. The molecule has 9 nitrogen and oxygen atoms in total. The summed E-state index contributed by atoms with van der Waals surface area (Å²) >= 11 is 6.08. The van der Waals surface area contributed by atoms with Gasteiger partial charge in [-0.2, -0.15) is 5.26 Å². The van der Waals surface area contributed by atoms with Gasteiger partial charge < -0.3 is 14.9 Å². The van der Waals surface area contributed by atoms with E-state index in [4.69, 9.17) is 16.9 Å². The number of aromatic nitrogens is 4. The summed E-state index contributed by atoms with van der Waals surface area (Å²) in [6.07, 6.45) is 3.29. The van der Waals surface area contributed by atoms with Gasteiger partial charge in [0.2, 0.25) is 5.91 Å². The molecule has 2 aliphatic heterocycles. The third-order valence-corrected chi connectivity index (χ3v) is 7.96. The first-order valence-electron chi connectivity index (χ1n) is 12.3. The van der Waals surface area contributed by atoms with Crippen molar-refractivity contribution in [3.8, 4) is 6.07 Å². The molecule has 3 aromatic rings. The zero-order valence-corrected chi connectivity index (χ0v) is 21.5. The van der Waals surface area contributed by atoms with E-state index in [1.165, 1.54) is 0 Å². The number of piperidine rings is 1. The van der Waals surface area contributed by atoms with E-state index in [-0.39, 0.29) is 35.3 Å². The van der Waals surface area contributed by atoms with Crippen molar-refractivity contribution in [1.82, 2.24) is 25.1 Å². The molecule has 0 aromatic carbocycles. The summed E-state index contributed by atoms with van der Waals surface area (Å²) in [4.78, 5) is 26.9. The molecule has 0 spiro atoms. The normalized spacial score (nSPS) is 27.6. The lowest BCUT2D eigenvalue weighted by Gasteiger charge is -2.48. The third-order valence-electron chi connectivity index (χ3n) is 7.73. The minimum Gasteiger partial charge on any atom is -0.383 e. The van der Waals surface area contributed by atoms with Gasteiger partial charge in [0.05, 0.1) is 16.6 Å². The Kier molecular flexibility index (Phi) is 6.80. The van der Waals surface area contributed by atoms with Crippen molar-refractivity contribution in [2.75, 3.05) is 31.1 Å². The molecular formula is C27H28ClN7O2. The molecule has 2 saturated heterocycles. The lowest BCUT2D eigenvalue weighted by molar-refractivity contribution is -0.153. The van der Waals surface area contributed by atoms with E-state index in [9.17, 15) is 9.90 Å². The van der Waals surface area contributed by atoms with E-state index in [0.29, 0.717) is 42.7 Å². The molecule has 0 aliphatic carbocycles. The minimum absolute atomic E-state index is 0.0209. The summed E-state index contributed by atoms with van der Waals surface area (Å²) in [5, 5.41) is 29.4. The maximum absolute atomic E-state index is 14.0. The largest absolute Gasteiger partial charge is 0.383 e. The van der Waals surface area contributed by atoms with Gasteiger partial charge >= 0.3 is 0 Å². The van der Waals surface area contributed by atoms with Crippen molar-refractivity contribution in [2.24, 2.45) is 17.8 Å². The van der Waals surface area contributed by atoms with E-state index < -0.39 is 5.60 Å². The molecule has 5 heterocycles. The van der Waals surface area contributed by atoms with Crippen LogP contribution in [0.15, 0.2) is 54.9 Å². The number of anilines is 1. The number of carbonyl (C=O) groups is 1. The number of pyridine rings is 2. The van der Waals surface area contributed by atoms with Crippen LogP contribution < -0.4 is 4.90 Å². The van der Waals surface area contributed by atoms with Crippen LogP contribution in [0.25, 0.3) is 0 Å². The van der Waals surface area contributed by atoms with Crippen LogP contribution in [-0.2, 0) is 10.4 Å². The van der Waals surface area contributed by atoms with Gasteiger partial charge in [-0.15, -0.1) is 10.2 Å². The number of nitriles is 1. The number of hydrogen-bond donors (Lipinski definition) is 1. The lowest BCUT2D eigenvalue weighted by atomic mass is 9.72. The number of amides is 1. The van der Waals surface area contributed by atoms with Crippen LogP contribution in [0.1, 0.15) is 36.8 Å². The second-order valence-corrected chi connectivity index (χ2v) is 10.4. The number of hydrogen-bond acceptors (Lipinski definition) is 8. The first-order valence-corrected chi connectivity index (χ1v) is 12.7. The molecule has 5 atom stereocenters. The monoisotopic (exact) mass is 517 g/mol. The Hall–Kier alpha value is -3.61. The van der Waals surface area contributed by atoms with Gasteiger partial charge in [0.1, 0.15) is 11.7 Å². The quantitative estimate of drug-likeness (QED) is 0.561. The Balaban J connectivity index is 1.41. The topological polar surface area (TPSA) is 119 Å². The first kappa shape index (κ1) is 25.1. The van der Waals surface area contributed by atoms with Crippen LogP contribution in [0.5, 0.6) is 0 Å². The zero-order chi connectivity index (χ0) is 26.2. The average Bonchev–Trinajstić information content (AvgIpc) is 3.37. The molecule has 10 heteroatoms. The van der Waals surface area contributed by atoms with Gasteiger partial charge in [0.15, 0.2) is 11.5 Å². The van der Waals surface area contributed by atoms with Crippen LogP contribution in [0.2, 0.25) is 5.02 Å². The van der Waals surface area contributed by atoms with Crippen LogP contribution >= 0.6 is 11.6 Å². The van der Waals surface area contributed by atoms with Crippen molar-refractivity contribution >= 4 is 23.3 Å². The van der Waals surface area contributed by atoms with Crippen molar-refractivity contribution in [3.63, 3.8) is 0 Å². The van der Waals surface area contributed by atoms with E-state index in [0.717, 1.165) is 5.69 Å². The maximum atomic E-state index is 14.0. The van der Waals surface area contributed by atoms with Gasteiger partial charge in [-0.1, -0.05) is 31.5 Å². The number of likely N-dealkylation sites (tertiary alicyclic amines) is 1. The molecule has 0 saturated carbocycles. The summed E-state index contributed by atoms with van der Waals surface area (Å²) in [7, 11) is 0. The third kappa shape index (κ3) is 4.63. The highest BCUT2D eigenvalue weighted by Gasteiger charge is 2.50. The Labute approximate surface area is 220 Å². The number of rotatable bonds is 4. The summed E-state index contributed by atoms with van der Waals surface area (Å²) in [6, 6.07) is 14.6. The molecular weight excluding hydrogens is 490 g/mol. The van der Waals surface area contributed by atoms with Crippen molar-refractivity contribution in [2.45, 2.75) is 25.4 Å². The zero-order valence-electron chi connectivity index (χ0n) is 20.7. The predicted molar refractivity (Wildman–Crippen MR) is 137 cm³/mol. The summed E-state index contributed by atoms with van der Waals surface area (Å²) in [6.45, 7) is 5.75. The standard InChI is InChI=1S/C27H28ClN7O2/c1-17-13-35(14-18(2)27(17,37)24-5-3-4-10-30-24)26(36)22-16-34(25-9-7-20(11-29)32-33-25)15-21(22)23-8-6-19(28)12-31-23/h3-10,12,17-18,21-22,37H,13-16H2,1-2H3/t17-,18+,21-,22-,27?/m1/s1. The molecule has 0 bridgehead atoms. The molecule has 2 fully saturated rings. The van der Waals surface area contributed by atoms with Crippen molar-refractivity contribution < 1.29 is 9.90 Å². The highest BCUT2D eigenvalue weighted by Crippen LogP contribution is 2.42. The smallest absolute Gasteiger partial charge is 0.228 e. The number of carbonyl (C=O) groups excluding carboxylic acids is 1. The second-order valence-electron chi connectivity index (χ2n) is 9.99. The van der Waals surface area contributed by atoms with Crippen molar-refractivity contribution in [1.29, 1.82) is 5.26 Å². The van der Waals surface area contributed by atoms with Gasteiger partial charge in [0, 0.05) is 62.0 Å². The number of nitrogens with zero attached hydrogens (tertiary/aromatic N) is 7. The Morgan fingerprint density at radius 2 is 1.84 bits per heavy atom. The van der Waals surface area contributed by atoms with E-state index in [1.54, 1.807) is 30.6 Å². The molecule has 1 N–H and O–H groups in total. The number of halogens is 1. The summed E-state index contributed by atoms with van der Waals surface area (Å²) in [5.74, 6) is -0.324. The highest BCUT2D eigenvalue weighted by molar-refractivity contribution is 6.30. The molecule has 3 aromatic heterocycles. The lowest BCUT2D eigenvalue weighted by Crippen LogP contribution is -2.57. The van der Waals surface area contributed by atoms with Gasteiger partial charge in [-0.25, -0.2) is 0 Å². The predicted octanol–water partition coefficient (Wildman–Crippen LogP) is 3.01. The fourth-order valence-corrected chi connectivity index (χ4v) is 5.83. The molecule has 1 amide bonds.